The number of aliphatic hydroxyl groups excluding tert-OH is 1. The van der Waals surface area contributed by atoms with Gasteiger partial charge < -0.3 is 21.1 Å². The van der Waals surface area contributed by atoms with Crippen molar-refractivity contribution in [1.29, 1.82) is 0 Å². The van der Waals surface area contributed by atoms with Crippen LogP contribution in [0.2, 0.25) is 5.02 Å². The molecule has 0 bridgehead atoms. The molecule has 33 heavy (non-hydrogen) atoms. The molecule has 0 aromatic heterocycles. The van der Waals surface area contributed by atoms with Gasteiger partial charge in [0.2, 0.25) is 5.91 Å². The fraction of sp³-hybridized carbons (Fsp3) is 0.409. The molecule has 11 heteroatoms. The van der Waals surface area contributed by atoms with E-state index in [9.17, 15) is 39.3 Å². The summed E-state index contributed by atoms with van der Waals surface area (Å²) in [4.78, 5) is 66.4. The van der Waals surface area contributed by atoms with Crippen molar-refractivity contribution in [3.05, 3.63) is 34.9 Å². The van der Waals surface area contributed by atoms with Gasteiger partial charge in [0.1, 0.15) is 5.75 Å². The number of carbonyl (C=O) groups excluding carboxylic acids is 5. The predicted octanol–water partition coefficient (Wildman–Crippen LogP) is -1.04. The molecule has 0 aliphatic heterocycles. The monoisotopic (exact) mass is 476 g/mol. The van der Waals surface area contributed by atoms with Gasteiger partial charge in [0.15, 0.2) is 34.7 Å². The number of Topliss-reactive ketones (excluding diaryl/α,β-unsaturated/α-hetero) is 4. The molecule has 0 radical (unpaired) electrons. The number of nitrogens with zero attached hydrogens (tertiary/aromatic N) is 1. The van der Waals surface area contributed by atoms with E-state index in [0.717, 1.165) is 6.07 Å². The number of hydrogen-bond acceptors (Lipinski definition) is 9. The van der Waals surface area contributed by atoms with Gasteiger partial charge in [0.05, 0.1) is 29.5 Å². The minimum absolute atomic E-state index is 0.0325. The number of aromatic hydroxyl groups is 1. The maximum absolute atomic E-state index is 13.6. The Bertz CT molecular complexity index is 1180. The van der Waals surface area contributed by atoms with Crippen LogP contribution in [0.15, 0.2) is 18.7 Å². The number of phenolic OH excluding ortho intramolecular Hbond substituents is 1. The number of likely N-dealkylation sites (N-methyl/N-ethyl adjacent to an activating group) is 1. The third kappa shape index (κ3) is 2.75. The number of rotatable bonds is 2. The number of nitrogens with two attached hydrogens (primary N) is 1. The molecule has 3 aliphatic rings. The molecule has 0 heterocycles. The molecule has 5 N–H and O–H groups in total. The third-order valence-electron chi connectivity index (χ3n) is 7.02. The van der Waals surface area contributed by atoms with Gasteiger partial charge in [-0.15, -0.1) is 0 Å². The number of hydrogen-bond donors (Lipinski definition) is 4. The zero-order valence-electron chi connectivity index (χ0n) is 17.6. The van der Waals surface area contributed by atoms with Crippen molar-refractivity contribution < 1.29 is 39.3 Å². The van der Waals surface area contributed by atoms with Crippen molar-refractivity contribution in [2.45, 2.75) is 17.7 Å². The minimum atomic E-state index is -3.05. The van der Waals surface area contributed by atoms with E-state index in [2.05, 4.69) is 6.58 Å². The highest BCUT2D eigenvalue weighted by molar-refractivity contribution is 6.36. The number of fused-ring (bicyclic) bond motifs is 3. The van der Waals surface area contributed by atoms with Gasteiger partial charge >= 0.3 is 0 Å². The molecule has 2 fully saturated rings. The second kappa shape index (κ2) is 7.29. The van der Waals surface area contributed by atoms with Gasteiger partial charge in [0.25, 0.3) is 0 Å². The summed E-state index contributed by atoms with van der Waals surface area (Å²) < 4.78 is 0. The largest absolute Gasteiger partial charge is 0.507 e. The number of halogens is 1. The van der Waals surface area contributed by atoms with Crippen molar-refractivity contribution in [2.75, 3.05) is 14.1 Å². The molecule has 3 aliphatic carbocycles. The molecule has 174 valence electrons. The normalized spacial score (nSPS) is 35.9. The van der Waals surface area contributed by atoms with Crippen molar-refractivity contribution in [1.82, 2.24) is 4.90 Å². The minimum Gasteiger partial charge on any atom is -0.507 e. The Labute approximate surface area is 192 Å². The van der Waals surface area contributed by atoms with Crippen molar-refractivity contribution >= 4 is 46.2 Å². The van der Waals surface area contributed by atoms with Crippen molar-refractivity contribution in [2.24, 2.45) is 29.4 Å². The van der Waals surface area contributed by atoms with Crippen LogP contribution in [0.3, 0.4) is 0 Å². The van der Waals surface area contributed by atoms with Gasteiger partial charge in [0, 0.05) is 16.5 Å². The van der Waals surface area contributed by atoms with Crippen LogP contribution in [0.4, 0.5) is 0 Å². The molecule has 1 aromatic rings. The Hall–Kier alpha value is -2.92. The molecule has 7 unspecified atom stereocenters. The Kier molecular flexibility index (Phi) is 5.14. The number of ketones is 4. The number of carbonyl (C=O) groups is 5. The first kappa shape index (κ1) is 23.2. The first-order chi connectivity index (χ1) is 15.3. The number of benzene rings is 1. The molecular formula is C22H21ClN2O8. The predicted molar refractivity (Wildman–Crippen MR) is 113 cm³/mol. The van der Waals surface area contributed by atoms with E-state index in [1.54, 1.807) is 0 Å². The Morgan fingerprint density at radius 1 is 1.15 bits per heavy atom. The van der Waals surface area contributed by atoms with E-state index < -0.39 is 76.2 Å². The molecule has 10 nitrogen and oxygen atoms in total. The molecule has 0 saturated heterocycles. The molecule has 4 rings (SSSR count). The summed E-state index contributed by atoms with van der Waals surface area (Å²) in [5.41, 5.74) is 1.93. The summed E-state index contributed by atoms with van der Waals surface area (Å²) in [5.74, 6) is -13.6. The maximum Gasteiger partial charge on any atom is 0.235 e. The van der Waals surface area contributed by atoms with Gasteiger partial charge in [-0.2, -0.15) is 0 Å². The van der Waals surface area contributed by atoms with Crippen LogP contribution in [-0.2, 0) is 19.2 Å². The lowest BCUT2D eigenvalue weighted by Crippen LogP contribution is -2.77. The summed E-state index contributed by atoms with van der Waals surface area (Å²) in [5, 5.41) is 33.1. The topological polar surface area (TPSA) is 175 Å². The van der Waals surface area contributed by atoms with Crippen molar-refractivity contribution in [3.8, 4) is 5.75 Å². The fourth-order valence-corrected chi connectivity index (χ4v) is 5.90. The van der Waals surface area contributed by atoms with Gasteiger partial charge in [-0.25, -0.2) is 0 Å². The average molecular weight is 477 g/mol. The zero-order chi connectivity index (χ0) is 24.7. The van der Waals surface area contributed by atoms with E-state index >= 15 is 0 Å². The van der Waals surface area contributed by atoms with Crippen LogP contribution >= 0.6 is 11.6 Å². The zero-order valence-corrected chi connectivity index (χ0v) is 18.4. The van der Waals surface area contributed by atoms with Crippen molar-refractivity contribution in [3.63, 3.8) is 0 Å². The number of aliphatic hydroxyl groups is 2. The molecule has 0 spiro atoms. The summed E-state index contributed by atoms with van der Waals surface area (Å²) in [6.07, 6.45) is -1.78. The van der Waals surface area contributed by atoms with E-state index in [1.807, 2.05) is 0 Å². The average Bonchev–Trinajstić information content (AvgIpc) is 2.72. The van der Waals surface area contributed by atoms with E-state index in [-0.39, 0.29) is 21.7 Å². The fourth-order valence-electron chi connectivity index (χ4n) is 5.62. The summed E-state index contributed by atoms with van der Waals surface area (Å²) in [6, 6.07) is 1.01. The van der Waals surface area contributed by atoms with Gasteiger partial charge in [-0.3, -0.25) is 28.9 Å². The van der Waals surface area contributed by atoms with E-state index in [0.29, 0.717) is 0 Å². The van der Waals surface area contributed by atoms with Gasteiger partial charge in [-0.1, -0.05) is 18.2 Å². The van der Waals surface area contributed by atoms with Crippen LogP contribution in [0.5, 0.6) is 5.75 Å². The lowest BCUT2D eigenvalue weighted by atomic mass is 9.50. The number of phenols is 1. The number of primary amides is 1. The summed E-state index contributed by atoms with van der Waals surface area (Å²) >= 11 is 6.23. The second-order valence-corrected chi connectivity index (χ2v) is 9.27. The standard InChI is InChI=1S/C22H21ClN2O8/c1-6-9-7(23)4-5-8(26)11(9)16(27)12-10(6)17(28)14-15(25(2)3)18(29)13(21(24)32)20(31)22(14,33)19(12)30/h4-5,10,12-15,17,26,28,33H,1H2,2-3H3,(H2,24,32). The molecule has 1 amide bonds. The molecule has 1 aromatic carbocycles. The van der Waals surface area contributed by atoms with Crippen LogP contribution in [0.1, 0.15) is 15.9 Å². The first-order valence-electron chi connectivity index (χ1n) is 10.0. The van der Waals surface area contributed by atoms with Crippen LogP contribution in [0.25, 0.3) is 5.57 Å². The smallest absolute Gasteiger partial charge is 0.235 e. The first-order valence-corrected chi connectivity index (χ1v) is 10.4. The Morgan fingerprint density at radius 3 is 2.30 bits per heavy atom. The summed E-state index contributed by atoms with van der Waals surface area (Å²) in [6.45, 7) is 3.87. The highest BCUT2D eigenvalue weighted by Crippen LogP contribution is 2.54. The Morgan fingerprint density at radius 2 is 1.76 bits per heavy atom. The number of amides is 1. The SMILES string of the molecule is C=C1c2c(Cl)ccc(O)c2C(=O)C2C(=O)C3(O)C(=O)C(C(N)=O)C(=O)C(N(C)C)C3C(O)C12. The lowest BCUT2D eigenvalue weighted by Gasteiger charge is -2.55. The molecule has 2 saturated carbocycles. The van der Waals surface area contributed by atoms with Crippen LogP contribution in [-0.4, -0.2) is 81.1 Å². The summed E-state index contributed by atoms with van der Waals surface area (Å²) in [7, 11) is 2.82. The van der Waals surface area contributed by atoms with Crippen LogP contribution in [0, 0.1) is 23.7 Å². The maximum atomic E-state index is 13.6. The lowest BCUT2D eigenvalue weighted by molar-refractivity contribution is -0.192. The highest BCUT2D eigenvalue weighted by Gasteiger charge is 2.72. The quantitative estimate of drug-likeness (QED) is 0.388. The highest BCUT2D eigenvalue weighted by atomic mass is 35.5. The molecule has 7 atom stereocenters. The second-order valence-electron chi connectivity index (χ2n) is 8.87. The third-order valence-corrected chi connectivity index (χ3v) is 7.33. The van der Waals surface area contributed by atoms with Crippen LogP contribution < -0.4 is 5.73 Å². The van der Waals surface area contributed by atoms with E-state index in [1.165, 1.54) is 25.1 Å². The van der Waals surface area contributed by atoms with E-state index in [4.69, 9.17) is 17.3 Å². The Balaban J connectivity index is 1.99. The molecular weight excluding hydrogens is 456 g/mol. The van der Waals surface area contributed by atoms with Gasteiger partial charge in [-0.05, 0) is 31.8 Å².